The Balaban J connectivity index is 0.000000409. The van der Waals surface area contributed by atoms with E-state index in [0.717, 1.165) is 23.4 Å². The van der Waals surface area contributed by atoms with Gasteiger partial charge in [0.2, 0.25) is 0 Å². The molecule has 0 saturated carbocycles. The fourth-order valence-corrected chi connectivity index (χ4v) is 2.94. The van der Waals surface area contributed by atoms with Crippen LogP contribution in [0.2, 0.25) is 0 Å². The summed E-state index contributed by atoms with van der Waals surface area (Å²) in [7, 11) is 1.72. The fourth-order valence-electron chi connectivity index (χ4n) is 2.94. The van der Waals surface area contributed by atoms with Gasteiger partial charge in [-0.05, 0) is 54.1 Å². The molecule has 3 N–H and O–H groups in total. The summed E-state index contributed by atoms with van der Waals surface area (Å²) in [6, 6.07) is 19.1. The summed E-state index contributed by atoms with van der Waals surface area (Å²) in [6.45, 7) is 5.05. The second-order valence-corrected chi connectivity index (χ2v) is 6.31. The van der Waals surface area contributed by atoms with Crippen molar-refractivity contribution in [1.29, 1.82) is 0 Å². The highest BCUT2D eigenvalue weighted by Crippen LogP contribution is 2.28. The van der Waals surface area contributed by atoms with Gasteiger partial charge in [0.25, 0.3) is 0 Å². The van der Waals surface area contributed by atoms with E-state index in [1.807, 2.05) is 12.1 Å². The molecule has 0 unspecified atom stereocenters. The Morgan fingerprint density at radius 2 is 1.46 bits per heavy atom. The van der Waals surface area contributed by atoms with Crippen molar-refractivity contribution >= 4 is 28.4 Å². The zero-order valence-corrected chi connectivity index (χ0v) is 16.0. The molecule has 0 bridgehead atoms. The van der Waals surface area contributed by atoms with Gasteiger partial charge in [0.15, 0.2) is 0 Å². The van der Waals surface area contributed by atoms with E-state index in [1.165, 1.54) is 22.1 Å². The number of carboxylic acid groups (broad SMARTS) is 2. The summed E-state index contributed by atoms with van der Waals surface area (Å²) >= 11 is 0. The summed E-state index contributed by atoms with van der Waals surface area (Å²) in [6.07, 6.45) is 0. The first-order chi connectivity index (χ1) is 13.3. The Hall–Kier alpha value is -3.54. The van der Waals surface area contributed by atoms with Crippen LogP contribution in [0.5, 0.6) is 5.75 Å². The monoisotopic (exact) mass is 381 g/mol. The molecular weight excluding hydrogens is 358 g/mol. The quantitative estimate of drug-likeness (QED) is 0.585. The zero-order chi connectivity index (χ0) is 20.7. The highest BCUT2D eigenvalue weighted by molar-refractivity contribution is 6.27. The van der Waals surface area contributed by atoms with Gasteiger partial charge in [-0.25, -0.2) is 9.59 Å². The number of fused-ring (bicyclic) bond motifs is 1. The largest absolute Gasteiger partial charge is 0.496 e. The number of anilines is 1. The van der Waals surface area contributed by atoms with Crippen LogP contribution in [0, 0.1) is 13.8 Å². The predicted octanol–water partition coefficient (Wildman–Crippen LogP) is 4.23. The van der Waals surface area contributed by atoms with Gasteiger partial charge >= 0.3 is 11.9 Å². The molecule has 0 aliphatic rings. The molecule has 0 fully saturated rings. The van der Waals surface area contributed by atoms with Crippen LogP contribution in [-0.2, 0) is 16.1 Å². The average molecular weight is 381 g/mol. The van der Waals surface area contributed by atoms with Crippen molar-refractivity contribution < 1.29 is 24.5 Å². The Morgan fingerprint density at radius 3 is 2.00 bits per heavy atom. The number of aryl methyl sites for hydroxylation is 2. The number of aliphatic carboxylic acids is 2. The van der Waals surface area contributed by atoms with Crippen LogP contribution >= 0.6 is 0 Å². The van der Waals surface area contributed by atoms with Crippen LogP contribution in [0.4, 0.5) is 5.69 Å². The molecule has 0 radical (unpaired) electrons. The maximum absolute atomic E-state index is 9.10. The lowest BCUT2D eigenvalue weighted by atomic mass is 10.0. The summed E-state index contributed by atoms with van der Waals surface area (Å²) in [5.74, 6) is -2.73. The SMILES string of the molecule is COc1ccc(CNc2cc(C)cc(C)c2)c2ccccc12.O=C(O)C(=O)O. The van der Waals surface area contributed by atoms with Gasteiger partial charge in [0.05, 0.1) is 7.11 Å². The molecule has 0 aliphatic heterocycles. The van der Waals surface area contributed by atoms with Crippen LogP contribution in [0.25, 0.3) is 10.8 Å². The minimum atomic E-state index is -1.82. The molecule has 0 saturated heterocycles. The minimum Gasteiger partial charge on any atom is -0.496 e. The number of rotatable bonds is 4. The maximum atomic E-state index is 9.10. The van der Waals surface area contributed by atoms with Crippen molar-refractivity contribution in [2.24, 2.45) is 0 Å². The molecule has 0 spiro atoms. The van der Waals surface area contributed by atoms with Crippen molar-refractivity contribution in [3.05, 3.63) is 71.3 Å². The molecule has 0 amide bonds. The van der Waals surface area contributed by atoms with Crippen LogP contribution in [0.15, 0.2) is 54.6 Å². The number of carboxylic acids is 2. The highest BCUT2D eigenvalue weighted by atomic mass is 16.5. The van der Waals surface area contributed by atoms with Crippen LogP contribution in [-0.4, -0.2) is 29.3 Å². The Labute approximate surface area is 163 Å². The molecule has 6 heteroatoms. The van der Waals surface area contributed by atoms with Gasteiger partial charge in [0, 0.05) is 17.6 Å². The van der Waals surface area contributed by atoms with Crippen LogP contribution in [0.1, 0.15) is 16.7 Å². The summed E-state index contributed by atoms with van der Waals surface area (Å²) < 4.78 is 5.46. The summed E-state index contributed by atoms with van der Waals surface area (Å²) in [4.78, 5) is 18.2. The first-order valence-electron chi connectivity index (χ1n) is 8.65. The van der Waals surface area contributed by atoms with Crippen molar-refractivity contribution in [3.8, 4) is 5.75 Å². The third-order valence-electron chi connectivity index (χ3n) is 4.08. The molecule has 0 aromatic heterocycles. The van der Waals surface area contributed by atoms with E-state index in [2.05, 4.69) is 61.6 Å². The summed E-state index contributed by atoms with van der Waals surface area (Å²) in [5, 5.41) is 20.7. The van der Waals surface area contributed by atoms with Gasteiger partial charge in [0.1, 0.15) is 5.75 Å². The molecular formula is C22H23NO5. The topological polar surface area (TPSA) is 95.9 Å². The van der Waals surface area contributed by atoms with Crippen molar-refractivity contribution in [3.63, 3.8) is 0 Å². The van der Waals surface area contributed by atoms with Gasteiger partial charge in [-0.1, -0.05) is 36.4 Å². The van der Waals surface area contributed by atoms with E-state index in [4.69, 9.17) is 24.5 Å². The molecule has 146 valence electrons. The molecule has 28 heavy (non-hydrogen) atoms. The van der Waals surface area contributed by atoms with E-state index in [9.17, 15) is 0 Å². The molecule has 3 aromatic carbocycles. The highest BCUT2D eigenvalue weighted by Gasteiger charge is 2.06. The van der Waals surface area contributed by atoms with Crippen LogP contribution in [0.3, 0.4) is 0 Å². The third kappa shape index (κ3) is 5.48. The standard InChI is InChI=1S/C20H21NO.C2H2O4/c1-14-10-15(2)12-17(11-14)21-13-16-8-9-20(22-3)19-7-5-4-6-18(16)19;3-1(4)2(5)6/h4-12,21H,13H2,1-3H3;(H,3,4)(H,5,6). The maximum Gasteiger partial charge on any atom is 0.414 e. The summed E-state index contributed by atoms with van der Waals surface area (Å²) in [5.41, 5.74) is 5.00. The molecule has 3 aromatic rings. The smallest absolute Gasteiger partial charge is 0.414 e. The second-order valence-electron chi connectivity index (χ2n) is 6.31. The van der Waals surface area contributed by atoms with E-state index in [0.29, 0.717) is 0 Å². The Bertz CT molecular complexity index is 965. The van der Waals surface area contributed by atoms with Gasteiger partial charge < -0.3 is 20.3 Å². The molecule has 0 heterocycles. The second kappa shape index (κ2) is 9.41. The molecule has 6 nitrogen and oxygen atoms in total. The number of ether oxygens (including phenoxy) is 1. The third-order valence-corrected chi connectivity index (χ3v) is 4.08. The molecule has 0 atom stereocenters. The Kier molecular flexibility index (Phi) is 6.98. The zero-order valence-electron chi connectivity index (χ0n) is 16.0. The lowest BCUT2D eigenvalue weighted by Gasteiger charge is -2.13. The fraction of sp³-hybridized carbons (Fsp3) is 0.182. The number of hydrogen-bond acceptors (Lipinski definition) is 4. The molecule has 0 aliphatic carbocycles. The van der Waals surface area contributed by atoms with Crippen molar-refractivity contribution in [2.45, 2.75) is 20.4 Å². The number of hydrogen-bond donors (Lipinski definition) is 3. The Morgan fingerprint density at radius 1 is 0.893 bits per heavy atom. The number of carbonyl (C=O) groups is 2. The minimum absolute atomic E-state index is 0.799. The lowest BCUT2D eigenvalue weighted by molar-refractivity contribution is -0.159. The molecule has 3 rings (SSSR count). The van der Waals surface area contributed by atoms with E-state index < -0.39 is 11.9 Å². The van der Waals surface area contributed by atoms with Crippen molar-refractivity contribution in [1.82, 2.24) is 0 Å². The van der Waals surface area contributed by atoms with Crippen LogP contribution < -0.4 is 10.1 Å². The number of methoxy groups -OCH3 is 1. The van der Waals surface area contributed by atoms with E-state index in [1.54, 1.807) is 7.11 Å². The van der Waals surface area contributed by atoms with E-state index >= 15 is 0 Å². The van der Waals surface area contributed by atoms with Gasteiger partial charge in [-0.3, -0.25) is 0 Å². The van der Waals surface area contributed by atoms with E-state index in [-0.39, 0.29) is 0 Å². The first-order valence-corrected chi connectivity index (χ1v) is 8.65. The van der Waals surface area contributed by atoms with Gasteiger partial charge in [-0.2, -0.15) is 0 Å². The van der Waals surface area contributed by atoms with Gasteiger partial charge in [-0.15, -0.1) is 0 Å². The average Bonchev–Trinajstić information content (AvgIpc) is 2.65. The first kappa shape index (κ1) is 20.8. The van der Waals surface area contributed by atoms with Crippen molar-refractivity contribution in [2.75, 3.05) is 12.4 Å². The normalized spacial score (nSPS) is 9.96. The number of nitrogens with one attached hydrogen (secondary N) is 1. The lowest BCUT2D eigenvalue weighted by Crippen LogP contribution is -2.09. The number of benzene rings is 3. The predicted molar refractivity (Wildman–Crippen MR) is 109 cm³/mol.